The van der Waals surface area contributed by atoms with E-state index in [0.29, 0.717) is 0 Å². The molecule has 0 amide bonds. The highest BCUT2D eigenvalue weighted by Crippen LogP contribution is 2.32. The Morgan fingerprint density at radius 1 is 1.00 bits per heavy atom. The summed E-state index contributed by atoms with van der Waals surface area (Å²) in [6.07, 6.45) is 1.84. The molecule has 4 N–H and O–H groups in total. The minimum Gasteiger partial charge on any atom is -0.396 e. The lowest BCUT2D eigenvalue weighted by molar-refractivity contribution is -0.0473. The van der Waals surface area contributed by atoms with Crippen LogP contribution in [0.2, 0.25) is 0 Å². The van der Waals surface area contributed by atoms with Crippen LogP contribution in [0, 0.1) is 11.3 Å². The standard InChI is InChI=1S/C9H19NO3/c11-5-9(6-12,7-13)8-1-3-10-4-2-8/h8,10-13H,1-7H2. The number of hydrogen-bond donors (Lipinski definition) is 4. The molecule has 0 aromatic carbocycles. The normalized spacial score (nSPS) is 20.5. The van der Waals surface area contributed by atoms with Crippen molar-refractivity contribution in [2.24, 2.45) is 11.3 Å². The van der Waals surface area contributed by atoms with Crippen LogP contribution in [0.1, 0.15) is 12.8 Å². The first-order chi connectivity index (χ1) is 6.29. The average molecular weight is 189 g/mol. The van der Waals surface area contributed by atoms with Gasteiger partial charge in [0.1, 0.15) is 0 Å². The Morgan fingerprint density at radius 2 is 1.46 bits per heavy atom. The van der Waals surface area contributed by atoms with Crippen LogP contribution in [-0.4, -0.2) is 48.2 Å². The predicted octanol–water partition coefficient (Wildman–Crippen LogP) is -1.05. The lowest BCUT2D eigenvalue weighted by atomic mass is 9.72. The lowest BCUT2D eigenvalue weighted by Crippen LogP contribution is -2.46. The Labute approximate surface area is 78.6 Å². The molecule has 4 nitrogen and oxygen atoms in total. The number of aliphatic hydroxyl groups is 3. The van der Waals surface area contributed by atoms with Gasteiger partial charge in [0.25, 0.3) is 0 Å². The number of aliphatic hydroxyl groups excluding tert-OH is 3. The monoisotopic (exact) mass is 189 g/mol. The number of nitrogens with one attached hydrogen (secondary N) is 1. The summed E-state index contributed by atoms with van der Waals surface area (Å²) >= 11 is 0. The largest absolute Gasteiger partial charge is 0.396 e. The smallest absolute Gasteiger partial charge is 0.0534 e. The van der Waals surface area contributed by atoms with Crippen molar-refractivity contribution in [2.45, 2.75) is 12.8 Å². The first-order valence-electron chi connectivity index (χ1n) is 4.82. The molecule has 1 aliphatic heterocycles. The SMILES string of the molecule is OCC(CO)(CO)C1CCNCC1. The van der Waals surface area contributed by atoms with Crippen molar-refractivity contribution in [2.75, 3.05) is 32.9 Å². The zero-order chi connectivity index (χ0) is 9.73. The molecule has 0 aromatic heterocycles. The van der Waals surface area contributed by atoms with E-state index < -0.39 is 5.41 Å². The van der Waals surface area contributed by atoms with E-state index in [2.05, 4.69) is 5.32 Å². The molecule has 0 bridgehead atoms. The summed E-state index contributed by atoms with van der Waals surface area (Å²) in [4.78, 5) is 0. The minimum absolute atomic E-state index is 0.134. The summed E-state index contributed by atoms with van der Waals surface area (Å²) in [5.41, 5.74) is -0.678. The fourth-order valence-electron chi connectivity index (χ4n) is 1.97. The van der Waals surface area contributed by atoms with Crippen molar-refractivity contribution in [3.8, 4) is 0 Å². The van der Waals surface area contributed by atoms with Gasteiger partial charge in [-0.05, 0) is 31.8 Å². The van der Waals surface area contributed by atoms with E-state index >= 15 is 0 Å². The molecule has 0 aromatic rings. The Bertz CT molecular complexity index is 134. The van der Waals surface area contributed by atoms with Gasteiger partial charge in [0, 0.05) is 5.41 Å². The third-order valence-electron chi connectivity index (χ3n) is 3.15. The van der Waals surface area contributed by atoms with Crippen molar-refractivity contribution >= 4 is 0 Å². The van der Waals surface area contributed by atoms with Gasteiger partial charge in [0.15, 0.2) is 0 Å². The molecule has 78 valence electrons. The van der Waals surface area contributed by atoms with Crippen LogP contribution in [0.4, 0.5) is 0 Å². The van der Waals surface area contributed by atoms with Crippen LogP contribution < -0.4 is 5.32 Å². The predicted molar refractivity (Wildman–Crippen MR) is 49.3 cm³/mol. The average Bonchev–Trinajstić information content (AvgIpc) is 2.23. The molecular formula is C9H19NO3. The topological polar surface area (TPSA) is 72.7 Å². The first kappa shape index (κ1) is 10.9. The second-order valence-corrected chi connectivity index (χ2v) is 3.86. The molecule has 13 heavy (non-hydrogen) atoms. The molecule has 0 unspecified atom stereocenters. The molecular weight excluding hydrogens is 170 g/mol. The second-order valence-electron chi connectivity index (χ2n) is 3.86. The molecule has 4 heteroatoms. The molecule has 0 saturated carbocycles. The van der Waals surface area contributed by atoms with Crippen LogP contribution in [0.3, 0.4) is 0 Å². The Balaban J connectivity index is 2.60. The summed E-state index contributed by atoms with van der Waals surface area (Å²) in [6.45, 7) is 1.42. The van der Waals surface area contributed by atoms with Gasteiger partial charge in [-0.3, -0.25) is 0 Å². The number of rotatable bonds is 4. The Morgan fingerprint density at radius 3 is 1.85 bits per heavy atom. The third kappa shape index (κ3) is 2.20. The van der Waals surface area contributed by atoms with Crippen molar-refractivity contribution in [1.82, 2.24) is 5.32 Å². The first-order valence-corrected chi connectivity index (χ1v) is 4.82. The highest BCUT2D eigenvalue weighted by atomic mass is 16.3. The van der Waals surface area contributed by atoms with Crippen molar-refractivity contribution in [1.29, 1.82) is 0 Å². The van der Waals surface area contributed by atoms with Gasteiger partial charge in [0.05, 0.1) is 19.8 Å². The van der Waals surface area contributed by atoms with Crippen LogP contribution in [-0.2, 0) is 0 Å². The molecule has 1 heterocycles. The summed E-state index contributed by atoms with van der Waals surface area (Å²) < 4.78 is 0. The van der Waals surface area contributed by atoms with Crippen LogP contribution in [0.25, 0.3) is 0 Å². The van der Waals surface area contributed by atoms with E-state index in [1.807, 2.05) is 0 Å². The van der Waals surface area contributed by atoms with Crippen molar-refractivity contribution in [3.05, 3.63) is 0 Å². The van der Waals surface area contributed by atoms with Gasteiger partial charge in [-0.1, -0.05) is 0 Å². The van der Waals surface area contributed by atoms with Gasteiger partial charge in [-0.25, -0.2) is 0 Å². The van der Waals surface area contributed by atoms with E-state index in [0.717, 1.165) is 25.9 Å². The van der Waals surface area contributed by atoms with E-state index in [4.69, 9.17) is 0 Å². The van der Waals surface area contributed by atoms with Crippen molar-refractivity contribution in [3.63, 3.8) is 0 Å². The lowest BCUT2D eigenvalue weighted by Gasteiger charge is -2.38. The zero-order valence-corrected chi connectivity index (χ0v) is 7.87. The van der Waals surface area contributed by atoms with Crippen molar-refractivity contribution < 1.29 is 15.3 Å². The molecule has 0 atom stereocenters. The summed E-state index contributed by atoms with van der Waals surface area (Å²) in [7, 11) is 0. The summed E-state index contributed by atoms with van der Waals surface area (Å²) in [6, 6.07) is 0. The van der Waals surface area contributed by atoms with Crippen LogP contribution >= 0.6 is 0 Å². The second kappa shape index (κ2) is 4.91. The number of piperidine rings is 1. The Kier molecular flexibility index (Phi) is 4.12. The van der Waals surface area contributed by atoms with E-state index in [-0.39, 0.29) is 25.7 Å². The molecule has 1 aliphatic rings. The fraction of sp³-hybridized carbons (Fsp3) is 1.00. The third-order valence-corrected chi connectivity index (χ3v) is 3.15. The van der Waals surface area contributed by atoms with Gasteiger partial charge in [-0.15, -0.1) is 0 Å². The maximum Gasteiger partial charge on any atom is 0.0534 e. The zero-order valence-electron chi connectivity index (χ0n) is 7.87. The summed E-state index contributed by atoms with van der Waals surface area (Å²) in [5.74, 6) is 0.230. The molecule has 1 rings (SSSR count). The number of hydrogen-bond acceptors (Lipinski definition) is 4. The minimum atomic E-state index is -0.678. The van der Waals surface area contributed by atoms with Gasteiger partial charge in [0.2, 0.25) is 0 Å². The van der Waals surface area contributed by atoms with E-state index in [9.17, 15) is 15.3 Å². The molecule has 1 fully saturated rings. The van der Waals surface area contributed by atoms with E-state index in [1.54, 1.807) is 0 Å². The fourth-order valence-corrected chi connectivity index (χ4v) is 1.97. The van der Waals surface area contributed by atoms with Gasteiger partial charge >= 0.3 is 0 Å². The highest BCUT2D eigenvalue weighted by Gasteiger charge is 2.37. The van der Waals surface area contributed by atoms with Gasteiger partial charge in [-0.2, -0.15) is 0 Å². The highest BCUT2D eigenvalue weighted by molar-refractivity contribution is 4.87. The molecule has 1 saturated heterocycles. The van der Waals surface area contributed by atoms with E-state index in [1.165, 1.54) is 0 Å². The molecule has 0 spiro atoms. The maximum atomic E-state index is 9.19. The van der Waals surface area contributed by atoms with Crippen LogP contribution in [0.5, 0.6) is 0 Å². The molecule has 0 radical (unpaired) electrons. The quantitative estimate of drug-likeness (QED) is 0.455. The summed E-state index contributed by atoms with van der Waals surface area (Å²) in [5, 5.41) is 30.8. The Hall–Kier alpha value is -0.160. The maximum absolute atomic E-state index is 9.19. The van der Waals surface area contributed by atoms with Gasteiger partial charge < -0.3 is 20.6 Å². The van der Waals surface area contributed by atoms with Crippen LogP contribution in [0.15, 0.2) is 0 Å². The molecule has 0 aliphatic carbocycles.